The van der Waals surface area contributed by atoms with Crippen molar-refractivity contribution in [3.63, 3.8) is 0 Å². The van der Waals surface area contributed by atoms with Crippen LogP contribution in [-0.2, 0) is 0 Å². The Morgan fingerprint density at radius 3 is 2.79 bits per heavy atom. The molecule has 0 aliphatic rings. The molecule has 1 rings (SSSR count). The van der Waals surface area contributed by atoms with E-state index in [1.165, 1.54) is 0 Å². The van der Waals surface area contributed by atoms with E-state index < -0.39 is 0 Å². The molecule has 0 aliphatic carbocycles. The largest absolute Gasteiger partial charge is 0.493 e. The number of nitrogens with one attached hydrogen (secondary N) is 1. The summed E-state index contributed by atoms with van der Waals surface area (Å²) < 4.78 is 11.0. The van der Waals surface area contributed by atoms with Gasteiger partial charge in [-0.15, -0.1) is 0 Å². The van der Waals surface area contributed by atoms with Crippen molar-refractivity contribution in [2.24, 2.45) is 0 Å². The van der Waals surface area contributed by atoms with Crippen molar-refractivity contribution in [1.82, 2.24) is 5.32 Å². The van der Waals surface area contributed by atoms with Gasteiger partial charge in [-0.2, -0.15) is 0 Å². The molecule has 1 aromatic carbocycles. The number of hydrogen-bond acceptors (Lipinski definition) is 4. The van der Waals surface area contributed by atoms with Crippen LogP contribution in [0, 0.1) is 0 Å². The van der Waals surface area contributed by atoms with E-state index >= 15 is 0 Å². The van der Waals surface area contributed by atoms with Crippen molar-refractivity contribution < 1.29 is 14.6 Å². The first-order chi connectivity index (χ1) is 9.17. The van der Waals surface area contributed by atoms with Crippen LogP contribution in [0.2, 0.25) is 0 Å². The molecule has 0 bridgehead atoms. The second-order valence-electron chi connectivity index (χ2n) is 4.31. The molecule has 0 fully saturated rings. The zero-order valence-corrected chi connectivity index (χ0v) is 11.8. The molecule has 4 nitrogen and oxygen atoms in total. The van der Waals surface area contributed by atoms with Crippen molar-refractivity contribution in [2.75, 3.05) is 26.8 Å². The van der Waals surface area contributed by atoms with Crippen molar-refractivity contribution in [3.05, 3.63) is 29.8 Å². The van der Waals surface area contributed by atoms with E-state index in [2.05, 4.69) is 5.32 Å². The van der Waals surface area contributed by atoms with Crippen LogP contribution in [0.15, 0.2) is 24.3 Å². The molecular weight excluding hydrogens is 242 g/mol. The van der Waals surface area contributed by atoms with E-state index in [0.717, 1.165) is 17.1 Å². The van der Waals surface area contributed by atoms with Crippen molar-refractivity contribution in [1.29, 1.82) is 0 Å². The minimum Gasteiger partial charge on any atom is -0.493 e. The van der Waals surface area contributed by atoms with Gasteiger partial charge in [0.15, 0.2) is 11.5 Å². The van der Waals surface area contributed by atoms with Crippen molar-refractivity contribution in [3.8, 4) is 11.5 Å². The van der Waals surface area contributed by atoms with Gasteiger partial charge in [0.2, 0.25) is 0 Å². The number of rotatable bonds is 8. The van der Waals surface area contributed by atoms with Crippen molar-refractivity contribution >= 4 is 6.08 Å². The van der Waals surface area contributed by atoms with Crippen LogP contribution in [0.5, 0.6) is 11.5 Å². The summed E-state index contributed by atoms with van der Waals surface area (Å²) >= 11 is 0. The lowest BCUT2D eigenvalue weighted by Crippen LogP contribution is -2.28. The summed E-state index contributed by atoms with van der Waals surface area (Å²) in [6.45, 7) is 5.51. The fraction of sp³-hybridized carbons (Fsp3) is 0.467. The number of aliphatic hydroxyl groups excluding tert-OH is 1. The molecule has 1 atom stereocenters. The van der Waals surface area contributed by atoms with Crippen LogP contribution < -0.4 is 14.8 Å². The second-order valence-corrected chi connectivity index (χ2v) is 4.31. The van der Waals surface area contributed by atoms with Crippen LogP contribution in [-0.4, -0.2) is 38.0 Å². The second kappa shape index (κ2) is 8.56. The van der Waals surface area contributed by atoms with E-state index in [1.54, 1.807) is 14.0 Å². The fourth-order valence-corrected chi connectivity index (χ4v) is 1.64. The highest BCUT2D eigenvalue weighted by atomic mass is 16.5. The third kappa shape index (κ3) is 5.77. The zero-order chi connectivity index (χ0) is 14.1. The third-order valence-electron chi connectivity index (χ3n) is 2.52. The summed E-state index contributed by atoms with van der Waals surface area (Å²) in [6, 6.07) is 5.84. The first-order valence-electron chi connectivity index (χ1n) is 6.49. The highest BCUT2D eigenvalue weighted by molar-refractivity contribution is 5.55. The van der Waals surface area contributed by atoms with Gasteiger partial charge < -0.3 is 19.9 Å². The van der Waals surface area contributed by atoms with Crippen LogP contribution in [0.25, 0.3) is 6.08 Å². The van der Waals surface area contributed by atoms with Crippen molar-refractivity contribution in [2.45, 2.75) is 20.0 Å². The quantitative estimate of drug-likeness (QED) is 0.707. The van der Waals surface area contributed by atoms with Crippen LogP contribution >= 0.6 is 0 Å². The van der Waals surface area contributed by atoms with E-state index in [4.69, 9.17) is 14.6 Å². The molecule has 2 N–H and O–H groups in total. The van der Waals surface area contributed by atoms with Gasteiger partial charge in [0.1, 0.15) is 6.61 Å². The molecule has 0 saturated heterocycles. The Hall–Kier alpha value is -1.52. The zero-order valence-electron chi connectivity index (χ0n) is 11.8. The van der Waals surface area contributed by atoms with Gasteiger partial charge in [-0.05, 0) is 31.5 Å². The average molecular weight is 265 g/mol. The van der Waals surface area contributed by atoms with E-state index in [9.17, 15) is 0 Å². The van der Waals surface area contributed by atoms with E-state index in [-0.39, 0.29) is 6.10 Å². The predicted molar refractivity (Wildman–Crippen MR) is 77.7 cm³/mol. The molecule has 0 saturated carbocycles. The van der Waals surface area contributed by atoms with Gasteiger partial charge in [0.25, 0.3) is 0 Å². The molecular formula is C15H23NO3. The summed E-state index contributed by atoms with van der Waals surface area (Å²) in [5, 5.41) is 12.2. The minimum atomic E-state index is -0.338. The SMILES string of the molecule is C/C=C/c1ccc(OCCNC[C@@H](C)O)c(OC)c1. The highest BCUT2D eigenvalue weighted by Crippen LogP contribution is 2.28. The Morgan fingerprint density at radius 2 is 2.16 bits per heavy atom. The summed E-state index contributed by atoms with van der Waals surface area (Å²) in [5.74, 6) is 1.46. The van der Waals surface area contributed by atoms with Gasteiger partial charge in [0.05, 0.1) is 13.2 Å². The number of ether oxygens (including phenoxy) is 2. The lowest BCUT2D eigenvalue weighted by atomic mass is 10.2. The Balaban J connectivity index is 2.49. The van der Waals surface area contributed by atoms with Crippen LogP contribution in [0.4, 0.5) is 0 Å². The maximum absolute atomic E-state index is 9.10. The number of allylic oxidation sites excluding steroid dienone is 1. The fourth-order valence-electron chi connectivity index (χ4n) is 1.64. The molecule has 0 aliphatic heterocycles. The number of methoxy groups -OCH3 is 1. The molecule has 0 spiro atoms. The predicted octanol–water partition coefficient (Wildman–Crippen LogP) is 2.08. The summed E-state index contributed by atoms with van der Waals surface area (Å²) in [7, 11) is 1.63. The van der Waals surface area contributed by atoms with Crippen LogP contribution in [0.1, 0.15) is 19.4 Å². The summed E-state index contributed by atoms with van der Waals surface area (Å²) in [6.07, 6.45) is 3.65. The topological polar surface area (TPSA) is 50.7 Å². The molecule has 0 unspecified atom stereocenters. The Kier molecular flexibility index (Phi) is 7.00. The van der Waals surface area contributed by atoms with Gasteiger partial charge in [0, 0.05) is 13.1 Å². The summed E-state index contributed by atoms with van der Waals surface area (Å²) in [4.78, 5) is 0. The number of hydrogen-bond donors (Lipinski definition) is 2. The van der Waals surface area contributed by atoms with Gasteiger partial charge in [-0.25, -0.2) is 0 Å². The lowest BCUT2D eigenvalue weighted by molar-refractivity contribution is 0.187. The van der Waals surface area contributed by atoms with Gasteiger partial charge >= 0.3 is 0 Å². The molecule has 4 heteroatoms. The van der Waals surface area contributed by atoms with Gasteiger partial charge in [-0.1, -0.05) is 18.2 Å². The Bertz CT molecular complexity index is 402. The monoisotopic (exact) mass is 265 g/mol. The maximum Gasteiger partial charge on any atom is 0.161 e. The van der Waals surface area contributed by atoms with Gasteiger partial charge in [-0.3, -0.25) is 0 Å². The van der Waals surface area contributed by atoms with E-state index in [1.807, 2.05) is 37.3 Å². The van der Waals surface area contributed by atoms with Crippen LogP contribution in [0.3, 0.4) is 0 Å². The Labute approximate surface area is 115 Å². The standard InChI is InChI=1S/C15H23NO3/c1-4-5-13-6-7-14(15(10-13)18-3)19-9-8-16-11-12(2)17/h4-7,10,12,16-17H,8-9,11H2,1-3H3/b5-4+/t12-/m1/s1. The number of aliphatic hydroxyl groups is 1. The third-order valence-corrected chi connectivity index (χ3v) is 2.52. The molecule has 0 aromatic heterocycles. The first-order valence-corrected chi connectivity index (χ1v) is 6.49. The highest BCUT2D eigenvalue weighted by Gasteiger charge is 2.04. The Morgan fingerprint density at radius 1 is 1.37 bits per heavy atom. The summed E-state index contributed by atoms with van der Waals surface area (Å²) in [5.41, 5.74) is 1.08. The molecule has 0 radical (unpaired) electrons. The molecule has 1 aromatic rings. The smallest absolute Gasteiger partial charge is 0.161 e. The van der Waals surface area contributed by atoms with E-state index in [0.29, 0.717) is 19.7 Å². The average Bonchev–Trinajstić information content (AvgIpc) is 2.39. The molecule has 0 heterocycles. The lowest BCUT2D eigenvalue weighted by Gasteiger charge is -2.12. The normalized spacial score (nSPS) is 12.6. The maximum atomic E-state index is 9.10. The molecule has 19 heavy (non-hydrogen) atoms. The molecule has 0 amide bonds. The first kappa shape index (κ1) is 15.5. The minimum absolute atomic E-state index is 0.338. The molecule has 106 valence electrons. The number of benzene rings is 1.